The first kappa shape index (κ1) is 16.1. The lowest BCUT2D eigenvalue weighted by atomic mass is 10.1. The van der Waals surface area contributed by atoms with Crippen LogP contribution in [0, 0.1) is 6.92 Å². The van der Waals surface area contributed by atoms with Crippen LogP contribution in [0.5, 0.6) is 0 Å². The highest BCUT2D eigenvalue weighted by Crippen LogP contribution is 2.28. The van der Waals surface area contributed by atoms with E-state index in [0.29, 0.717) is 30.6 Å². The van der Waals surface area contributed by atoms with Crippen LogP contribution in [0.4, 0.5) is 4.79 Å². The maximum atomic E-state index is 13.0. The fourth-order valence-electron chi connectivity index (χ4n) is 3.44. The monoisotopic (exact) mass is 355 g/mol. The Labute approximate surface area is 149 Å². The zero-order valence-electron chi connectivity index (χ0n) is 13.8. The molecule has 0 bridgehead atoms. The molecule has 2 saturated heterocycles. The van der Waals surface area contributed by atoms with E-state index < -0.39 is 0 Å². The first-order valence-corrected chi connectivity index (χ1v) is 9.17. The summed E-state index contributed by atoms with van der Waals surface area (Å²) >= 11 is 1.03. The number of benzene rings is 1. The van der Waals surface area contributed by atoms with Crippen LogP contribution in [0.2, 0.25) is 0 Å². The first-order valence-electron chi connectivity index (χ1n) is 8.19. The van der Waals surface area contributed by atoms with Crippen LogP contribution >= 0.6 is 11.8 Å². The molecule has 1 unspecified atom stereocenters. The van der Waals surface area contributed by atoms with E-state index in [4.69, 9.17) is 0 Å². The largest absolute Gasteiger partial charge is 0.336 e. The molecule has 0 spiro atoms. The van der Waals surface area contributed by atoms with Crippen molar-refractivity contribution in [2.45, 2.75) is 19.4 Å². The van der Waals surface area contributed by atoms with E-state index in [1.165, 1.54) is 4.90 Å². The number of hydrogen-bond donors (Lipinski definition) is 0. The van der Waals surface area contributed by atoms with Crippen molar-refractivity contribution in [3.05, 3.63) is 41.6 Å². The van der Waals surface area contributed by atoms with Crippen molar-refractivity contribution in [2.75, 3.05) is 18.8 Å². The Balaban J connectivity index is 1.59. The quantitative estimate of drug-likeness (QED) is 0.828. The highest BCUT2D eigenvalue weighted by Gasteiger charge is 2.40. The van der Waals surface area contributed by atoms with Gasteiger partial charge in [-0.1, -0.05) is 30.0 Å². The number of aryl methyl sites for hydroxylation is 1. The summed E-state index contributed by atoms with van der Waals surface area (Å²) in [5, 5.41) is 0.722. The summed E-state index contributed by atoms with van der Waals surface area (Å²) in [6.45, 7) is 2.82. The summed E-state index contributed by atoms with van der Waals surface area (Å²) in [6, 6.07) is 9.23. The number of likely N-dealkylation sites (tertiary alicyclic amines) is 1. The predicted molar refractivity (Wildman–Crippen MR) is 95.5 cm³/mol. The number of carbonyl (C=O) groups excluding carboxylic acids is 3. The van der Waals surface area contributed by atoms with Crippen LogP contribution in [0.1, 0.15) is 22.5 Å². The highest BCUT2D eigenvalue weighted by atomic mass is 32.2. The molecule has 0 aliphatic carbocycles. The highest BCUT2D eigenvalue weighted by molar-refractivity contribution is 8.14. The molecule has 128 valence electrons. The molecule has 7 heteroatoms. The Morgan fingerprint density at radius 1 is 1.24 bits per heavy atom. The second-order valence-electron chi connectivity index (χ2n) is 6.34. The first-order chi connectivity index (χ1) is 12.0. The van der Waals surface area contributed by atoms with Crippen molar-refractivity contribution in [1.29, 1.82) is 0 Å². The fourth-order valence-corrected chi connectivity index (χ4v) is 4.22. The van der Waals surface area contributed by atoms with E-state index in [1.54, 1.807) is 11.0 Å². The molecule has 2 fully saturated rings. The van der Waals surface area contributed by atoms with Gasteiger partial charge in [0.1, 0.15) is 0 Å². The van der Waals surface area contributed by atoms with Gasteiger partial charge in [-0.05, 0) is 25.5 Å². The smallest absolute Gasteiger partial charge is 0.289 e. The summed E-state index contributed by atoms with van der Waals surface area (Å²) in [6.07, 6.45) is 0.626. The molecule has 1 aromatic heterocycles. The number of amides is 3. The maximum absolute atomic E-state index is 13.0. The molecule has 0 saturated carbocycles. The van der Waals surface area contributed by atoms with Gasteiger partial charge in [0, 0.05) is 24.2 Å². The Morgan fingerprint density at radius 2 is 2.08 bits per heavy atom. The molecular weight excluding hydrogens is 338 g/mol. The number of thioether (sulfide) groups is 1. The summed E-state index contributed by atoms with van der Waals surface area (Å²) in [7, 11) is 0. The van der Waals surface area contributed by atoms with Crippen molar-refractivity contribution in [2.24, 2.45) is 0 Å². The molecule has 2 aliphatic heterocycles. The van der Waals surface area contributed by atoms with Crippen LogP contribution in [0.15, 0.2) is 30.3 Å². The van der Waals surface area contributed by atoms with Crippen LogP contribution < -0.4 is 0 Å². The van der Waals surface area contributed by atoms with E-state index >= 15 is 0 Å². The second kappa shape index (κ2) is 6.15. The van der Waals surface area contributed by atoms with Crippen LogP contribution in [-0.4, -0.2) is 56.7 Å². The van der Waals surface area contributed by atoms with Crippen molar-refractivity contribution in [1.82, 2.24) is 14.8 Å². The number of carbonyl (C=O) groups is 3. The zero-order valence-corrected chi connectivity index (χ0v) is 14.6. The minimum Gasteiger partial charge on any atom is -0.336 e. The van der Waals surface area contributed by atoms with E-state index in [-0.39, 0.29) is 28.8 Å². The predicted octanol–water partition coefficient (Wildman–Crippen LogP) is 2.45. The SMILES string of the molecule is Cc1ccc2cccc(C(=O)N3CCC(N4C(=O)CSC4=O)C3)c2n1. The van der Waals surface area contributed by atoms with Crippen LogP contribution in [-0.2, 0) is 4.79 Å². The van der Waals surface area contributed by atoms with Gasteiger partial charge in [-0.15, -0.1) is 0 Å². The third kappa shape index (κ3) is 2.78. The molecule has 0 N–H and O–H groups in total. The Morgan fingerprint density at radius 3 is 2.84 bits per heavy atom. The summed E-state index contributed by atoms with van der Waals surface area (Å²) < 4.78 is 0. The van der Waals surface area contributed by atoms with Gasteiger partial charge in [-0.3, -0.25) is 24.3 Å². The Hall–Kier alpha value is -2.41. The molecular formula is C18H17N3O3S. The summed E-state index contributed by atoms with van der Waals surface area (Å²) in [5.41, 5.74) is 2.12. The van der Waals surface area contributed by atoms with Crippen molar-refractivity contribution < 1.29 is 14.4 Å². The molecule has 25 heavy (non-hydrogen) atoms. The number of imide groups is 1. The lowest BCUT2D eigenvalue weighted by molar-refractivity contribution is -0.126. The van der Waals surface area contributed by atoms with Gasteiger partial charge in [0.15, 0.2) is 0 Å². The average molecular weight is 355 g/mol. The fraction of sp³-hybridized carbons (Fsp3) is 0.333. The van der Waals surface area contributed by atoms with Gasteiger partial charge >= 0.3 is 0 Å². The van der Waals surface area contributed by atoms with Crippen molar-refractivity contribution in [3.63, 3.8) is 0 Å². The maximum Gasteiger partial charge on any atom is 0.289 e. The lowest BCUT2D eigenvalue weighted by Crippen LogP contribution is -2.41. The molecule has 2 aliphatic rings. The molecule has 1 atom stereocenters. The second-order valence-corrected chi connectivity index (χ2v) is 7.27. The third-order valence-corrected chi connectivity index (χ3v) is 5.53. The molecule has 3 amide bonds. The number of para-hydroxylation sites is 1. The third-order valence-electron chi connectivity index (χ3n) is 4.69. The Kier molecular flexibility index (Phi) is 3.95. The molecule has 1 aromatic carbocycles. The van der Waals surface area contributed by atoms with E-state index in [1.807, 2.05) is 31.2 Å². The van der Waals surface area contributed by atoms with E-state index in [2.05, 4.69) is 4.98 Å². The van der Waals surface area contributed by atoms with Crippen molar-refractivity contribution in [3.8, 4) is 0 Å². The molecule has 0 radical (unpaired) electrons. The van der Waals surface area contributed by atoms with Gasteiger partial charge in [0.2, 0.25) is 5.91 Å². The number of aromatic nitrogens is 1. The molecule has 2 aromatic rings. The molecule has 6 nitrogen and oxygen atoms in total. The van der Waals surface area contributed by atoms with Gasteiger partial charge in [-0.25, -0.2) is 0 Å². The standard InChI is InChI=1S/C18H17N3O3S/c1-11-5-6-12-3-2-4-14(16(12)19-11)17(23)20-8-7-13(9-20)21-15(22)10-25-18(21)24/h2-6,13H,7-10H2,1H3. The number of fused-ring (bicyclic) bond motifs is 1. The van der Waals surface area contributed by atoms with Crippen molar-refractivity contribution >= 4 is 39.7 Å². The van der Waals surface area contributed by atoms with Crippen LogP contribution in [0.25, 0.3) is 10.9 Å². The molecule has 3 heterocycles. The van der Waals surface area contributed by atoms with E-state index in [0.717, 1.165) is 22.8 Å². The number of pyridine rings is 1. The molecule has 4 rings (SSSR count). The topological polar surface area (TPSA) is 70.6 Å². The summed E-state index contributed by atoms with van der Waals surface area (Å²) in [5.74, 6) is -0.0507. The number of hydrogen-bond acceptors (Lipinski definition) is 5. The number of nitrogens with zero attached hydrogens (tertiary/aromatic N) is 3. The summed E-state index contributed by atoms with van der Waals surface area (Å²) in [4.78, 5) is 44.3. The van der Waals surface area contributed by atoms with E-state index in [9.17, 15) is 14.4 Å². The average Bonchev–Trinajstić information content (AvgIpc) is 3.20. The minimum absolute atomic E-state index is 0.0991. The van der Waals surface area contributed by atoms with Gasteiger partial charge < -0.3 is 4.90 Å². The zero-order chi connectivity index (χ0) is 17.6. The minimum atomic E-state index is -0.219. The Bertz CT molecular complexity index is 882. The van der Waals surface area contributed by atoms with Gasteiger partial charge in [0.05, 0.1) is 22.9 Å². The van der Waals surface area contributed by atoms with Gasteiger partial charge in [-0.2, -0.15) is 0 Å². The van der Waals surface area contributed by atoms with Crippen LogP contribution in [0.3, 0.4) is 0 Å². The normalized spacial score (nSPS) is 20.8. The lowest BCUT2D eigenvalue weighted by Gasteiger charge is -2.22. The van der Waals surface area contributed by atoms with Gasteiger partial charge in [0.25, 0.3) is 11.1 Å². The number of rotatable bonds is 2.